The number of amides is 2. The number of benzene rings is 1. The second kappa shape index (κ2) is 8.47. The van der Waals surface area contributed by atoms with Gasteiger partial charge in [-0.25, -0.2) is 0 Å². The minimum absolute atomic E-state index is 0.0496. The highest BCUT2D eigenvalue weighted by Crippen LogP contribution is 2.28. The average molecular weight is 332 g/mol. The first-order chi connectivity index (χ1) is 11.5. The lowest BCUT2D eigenvalue weighted by molar-refractivity contribution is -0.137. The molecule has 24 heavy (non-hydrogen) atoms. The zero-order valence-corrected chi connectivity index (χ0v) is 13.9. The van der Waals surface area contributed by atoms with Gasteiger partial charge < -0.3 is 15.7 Å². The summed E-state index contributed by atoms with van der Waals surface area (Å²) < 4.78 is 0. The topological polar surface area (TPSA) is 95.5 Å². The van der Waals surface area contributed by atoms with Gasteiger partial charge in [0.05, 0.1) is 0 Å². The van der Waals surface area contributed by atoms with Gasteiger partial charge in [0.25, 0.3) is 0 Å². The van der Waals surface area contributed by atoms with E-state index < -0.39 is 12.0 Å². The van der Waals surface area contributed by atoms with Gasteiger partial charge in [-0.1, -0.05) is 25.0 Å². The van der Waals surface area contributed by atoms with Crippen LogP contribution in [-0.2, 0) is 20.8 Å². The molecule has 0 saturated heterocycles. The second-order valence-corrected chi connectivity index (χ2v) is 6.31. The first-order valence-electron chi connectivity index (χ1n) is 8.34. The second-order valence-electron chi connectivity index (χ2n) is 6.31. The molecule has 1 saturated carbocycles. The quantitative estimate of drug-likeness (QED) is 0.714. The van der Waals surface area contributed by atoms with E-state index in [1.54, 1.807) is 18.2 Å². The van der Waals surface area contributed by atoms with Crippen LogP contribution in [-0.4, -0.2) is 28.9 Å². The van der Waals surface area contributed by atoms with Crippen LogP contribution in [0.25, 0.3) is 0 Å². The van der Waals surface area contributed by atoms with Gasteiger partial charge >= 0.3 is 5.97 Å². The minimum atomic E-state index is -0.851. The number of rotatable bonds is 7. The zero-order chi connectivity index (χ0) is 17.5. The number of hydrogen-bond donors (Lipinski definition) is 3. The van der Waals surface area contributed by atoms with Crippen LogP contribution in [0.15, 0.2) is 24.3 Å². The van der Waals surface area contributed by atoms with E-state index in [9.17, 15) is 14.4 Å². The van der Waals surface area contributed by atoms with Crippen LogP contribution >= 0.6 is 0 Å². The summed E-state index contributed by atoms with van der Waals surface area (Å²) in [6.07, 6.45) is 4.51. The highest BCUT2D eigenvalue weighted by atomic mass is 16.4. The number of aliphatic carboxylic acids is 1. The molecule has 1 aliphatic rings. The van der Waals surface area contributed by atoms with Crippen LogP contribution in [0, 0.1) is 5.92 Å². The maximum absolute atomic E-state index is 12.6. The summed E-state index contributed by atoms with van der Waals surface area (Å²) >= 11 is 0. The highest BCUT2D eigenvalue weighted by molar-refractivity contribution is 5.97. The van der Waals surface area contributed by atoms with E-state index in [1.807, 2.05) is 6.07 Å². The van der Waals surface area contributed by atoms with Gasteiger partial charge in [-0.05, 0) is 42.9 Å². The van der Waals surface area contributed by atoms with Crippen molar-refractivity contribution < 1.29 is 19.5 Å². The Morgan fingerprint density at radius 2 is 1.96 bits per heavy atom. The van der Waals surface area contributed by atoms with Crippen LogP contribution in [0.4, 0.5) is 5.69 Å². The largest absolute Gasteiger partial charge is 0.481 e. The Morgan fingerprint density at radius 3 is 2.58 bits per heavy atom. The third-order valence-electron chi connectivity index (χ3n) is 4.33. The summed E-state index contributed by atoms with van der Waals surface area (Å²) in [5.74, 6) is -1.11. The Labute approximate surface area is 141 Å². The summed E-state index contributed by atoms with van der Waals surface area (Å²) in [7, 11) is 0. The van der Waals surface area contributed by atoms with Gasteiger partial charge in [-0.15, -0.1) is 0 Å². The number of carbonyl (C=O) groups is 3. The van der Waals surface area contributed by atoms with Gasteiger partial charge in [0.1, 0.15) is 6.04 Å². The number of anilines is 1. The first kappa shape index (κ1) is 18.0. The molecule has 0 spiro atoms. The van der Waals surface area contributed by atoms with Crippen molar-refractivity contribution in [2.75, 3.05) is 5.32 Å². The standard InChI is InChI=1S/C18H24N2O4/c1-12(21)19-17(14-6-2-3-7-14)18(24)20-15-8-4-5-13(11-15)9-10-16(22)23/h4-5,8,11,14,17H,2-3,6-7,9-10H2,1H3,(H,19,21)(H,20,24)(H,22,23). The third-order valence-corrected chi connectivity index (χ3v) is 4.33. The van der Waals surface area contributed by atoms with Gasteiger partial charge in [0.2, 0.25) is 11.8 Å². The van der Waals surface area contributed by atoms with Crippen molar-refractivity contribution in [2.24, 2.45) is 5.92 Å². The molecule has 0 radical (unpaired) electrons. The summed E-state index contributed by atoms with van der Waals surface area (Å²) in [6.45, 7) is 1.42. The van der Waals surface area contributed by atoms with Crippen molar-refractivity contribution >= 4 is 23.5 Å². The van der Waals surface area contributed by atoms with Crippen molar-refractivity contribution in [1.29, 1.82) is 0 Å². The molecular formula is C18H24N2O4. The van der Waals surface area contributed by atoms with Gasteiger partial charge in [0, 0.05) is 19.0 Å². The molecule has 0 bridgehead atoms. The van der Waals surface area contributed by atoms with E-state index in [-0.39, 0.29) is 24.2 Å². The Morgan fingerprint density at radius 1 is 1.25 bits per heavy atom. The number of hydrogen-bond acceptors (Lipinski definition) is 3. The molecular weight excluding hydrogens is 308 g/mol. The van der Waals surface area contributed by atoms with Crippen LogP contribution in [0.1, 0.15) is 44.6 Å². The molecule has 1 aliphatic carbocycles. The van der Waals surface area contributed by atoms with E-state index in [0.717, 1.165) is 31.2 Å². The van der Waals surface area contributed by atoms with Crippen molar-refractivity contribution in [3.8, 4) is 0 Å². The van der Waals surface area contributed by atoms with E-state index in [2.05, 4.69) is 10.6 Å². The molecule has 1 atom stereocenters. The lowest BCUT2D eigenvalue weighted by Crippen LogP contribution is -2.47. The van der Waals surface area contributed by atoms with Gasteiger partial charge in [-0.2, -0.15) is 0 Å². The third kappa shape index (κ3) is 5.37. The van der Waals surface area contributed by atoms with Crippen molar-refractivity contribution in [1.82, 2.24) is 5.32 Å². The molecule has 6 nitrogen and oxygen atoms in total. The van der Waals surface area contributed by atoms with E-state index in [0.29, 0.717) is 12.1 Å². The summed E-state index contributed by atoms with van der Waals surface area (Å²) in [5.41, 5.74) is 1.48. The summed E-state index contributed by atoms with van der Waals surface area (Å²) in [4.78, 5) is 34.7. The van der Waals surface area contributed by atoms with Crippen molar-refractivity contribution in [3.05, 3.63) is 29.8 Å². The Kier molecular flexibility index (Phi) is 6.35. The predicted octanol–water partition coefficient (Wildman–Crippen LogP) is 2.34. The highest BCUT2D eigenvalue weighted by Gasteiger charge is 2.31. The number of aryl methyl sites for hydroxylation is 1. The molecule has 0 aliphatic heterocycles. The molecule has 0 aromatic heterocycles. The van der Waals surface area contributed by atoms with E-state index >= 15 is 0 Å². The summed E-state index contributed by atoms with van der Waals surface area (Å²) in [5, 5.41) is 14.4. The lowest BCUT2D eigenvalue weighted by Gasteiger charge is -2.23. The zero-order valence-electron chi connectivity index (χ0n) is 13.9. The number of carboxylic acids is 1. The van der Waals surface area contributed by atoms with Crippen molar-refractivity contribution in [3.63, 3.8) is 0 Å². The van der Waals surface area contributed by atoms with Gasteiger partial charge in [0.15, 0.2) is 0 Å². The number of carboxylic acid groups (broad SMARTS) is 1. The van der Waals surface area contributed by atoms with Crippen LogP contribution < -0.4 is 10.6 Å². The van der Waals surface area contributed by atoms with E-state index in [4.69, 9.17) is 5.11 Å². The average Bonchev–Trinajstić information content (AvgIpc) is 3.05. The normalized spacial score (nSPS) is 15.7. The molecule has 1 aromatic rings. The van der Waals surface area contributed by atoms with E-state index in [1.165, 1.54) is 6.92 Å². The predicted molar refractivity (Wildman–Crippen MR) is 90.6 cm³/mol. The molecule has 0 heterocycles. The van der Waals surface area contributed by atoms with Crippen LogP contribution in [0.3, 0.4) is 0 Å². The molecule has 3 N–H and O–H groups in total. The minimum Gasteiger partial charge on any atom is -0.481 e. The lowest BCUT2D eigenvalue weighted by atomic mass is 9.97. The Hall–Kier alpha value is -2.37. The monoisotopic (exact) mass is 332 g/mol. The van der Waals surface area contributed by atoms with Crippen LogP contribution in [0.2, 0.25) is 0 Å². The fraction of sp³-hybridized carbons (Fsp3) is 0.500. The van der Waals surface area contributed by atoms with Crippen molar-refractivity contribution in [2.45, 2.75) is 51.5 Å². The maximum atomic E-state index is 12.6. The molecule has 1 unspecified atom stereocenters. The summed E-state index contributed by atoms with van der Waals surface area (Å²) in [6, 6.07) is 6.64. The fourth-order valence-corrected chi connectivity index (χ4v) is 3.18. The molecule has 130 valence electrons. The molecule has 1 fully saturated rings. The van der Waals surface area contributed by atoms with Gasteiger partial charge in [-0.3, -0.25) is 14.4 Å². The molecule has 2 rings (SSSR count). The fourth-order valence-electron chi connectivity index (χ4n) is 3.18. The molecule has 2 amide bonds. The first-order valence-corrected chi connectivity index (χ1v) is 8.34. The maximum Gasteiger partial charge on any atom is 0.303 e. The molecule has 1 aromatic carbocycles. The number of carbonyl (C=O) groups excluding carboxylic acids is 2. The molecule has 6 heteroatoms. The Bertz CT molecular complexity index is 609. The number of nitrogens with one attached hydrogen (secondary N) is 2. The SMILES string of the molecule is CC(=O)NC(C(=O)Nc1cccc(CCC(=O)O)c1)C1CCCC1. The smallest absolute Gasteiger partial charge is 0.303 e. The Balaban J connectivity index is 2.04. The van der Waals surface area contributed by atoms with Crippen LogP contribution in [0.5, 0.6) is 0 Å².